The van der Waals surface area contributed by atoms with Crippen LogP contribution in [0.5, 0.6) is 0 Å². The zero-order chi connectivity index (χ0) is 26.1. The fraction of sp³-hybridized carbons (Fsp3) is 0.259. The van der Waals surface area contributed by atoms with Crippen LogP contribution in [-0.2, 0) is 11.3 Å². The lowest BCUT2D eigenvalue weighted by molar-refractivity contribution is -0.112. The van der Waals surface area contributed by atoms with Crippen LogP contribution in [0.2, 0.25) is 0 Å². The molecule has 5 rings (SSSR count). The summed E-state index contributed by atoms with van der Waals surface area (Å²) in [6, 6.07) is 13.4. The highest BCUT2D eigenvalue weighted by atomic mass is 32.1. The molecule has 3 heterocycles. The van der Waals surface area contributed by atoms with Crippen molar-refractivity contribution < 1.29 is 14.4 Å². The van der Waals surface area contributed by atoms with Gasteiger partial charge in [0.1, 0.15) is 0 Å². The molecule has 0 spiro atoms. The van der Waals surface area contributed by atoms with Crippen molar-refractivity contribution >= 4 is 59.5 Å². The Morgan fingerprint density at radius 2 is 1.95 bits per heavy atom. The van der Waals surface area contributed by atoms with Crippen LogP contribution in [0.15, 0.2) is 54.0 Å². The molecule has 2 aromatic heterocycles. The Balaban J connectivity index is 1.33. The van der Waals surface area contributed by atoms with E-state index in [0.717, 1.165) is 36.1 Å². The Labute approximate surface area is 221 Å². The average molecular weight is 534 g/mol. The first-order chi connectivity index (χ1) is 17.8. The van der Waals surface area contributed by atoms with Crippen molar-refractivity contribution in [1.82, 2.24) is 19.8 Å². The molecule has 0 radical (unpaired) electrons. The number of hydrogen-bond acceptors (Lipinski definition) is 6. The summed E-state index contributed by atoms with van der Waals surface area (Å²) in [5, 5.41) is 6.40. The molecule has 190 valence electrons. The molecule has 1 aliphatic heterocycles. The number of amides is 2. The van der Waals surface area contributed by atoms with Gasteiger partial charge in [-0.25, -0.2) is 4.98 Å². The summed E-state index contributed by atoms with van der Waals surface area (Å²) >= 11 is 1.24. The first-order valence-corrected chi connectivity index (χ1v) is 13.5. The largest absolute Gasteiger partial charge is 0.358 e. The number of piperazine rings is 1. The Bertz CT molecular complexity index is 1470. The van der Waals surface area contributed by atoms with E-state index in [2.05, 4.69) is 60.6 Å². The molecule has 10 heteroatoms. The van der Waals surface area contributed by atoms with Gasteiger partial charge in [0.15, 0.2) is 5.13 Å². The number of aromatic nitrogens is 2. The number of thiazole rings is 1. The monoisotopic (exact) mass is 533 g/mol. The Hall–Kier alpha value is -3.39. The predicted molar refractivity (Wildman–Crippen MR) is 150 cm³/mol. The fourth-order valence-corrected chi connectivity index (χ4v) is 5.53. The molecule has 2 atom stereocenters. The number of aromatic amines is 1. The van der Waals surface area contributed by atoms with E-state index in [0.29, 0.717) is 22.6 Å². The molecule has 4 aromatic rings. The number of nitrogens with zero attached hydrogens (tertiary/aromatic N) is 3. The highest BCUT2D eigenvalue weighted by Crippen LogP contribution is 2.27. The number of benzene rings is 2. The maximum absolute atomic E-state index is 13.7. The number of ketones is 1. The number of Topliss-reactive ketones (excluding diaryl/α,β-unsaturated/α-hetero) is 1. The van der Waals surface area contributed by atoms with Gasteiger partial charge in [-0.3, -0.25) is 24.6 Å². The van der Waals surface area contributed by atoms with Crippen LogP contribution < -0.4 is 10.6 Å². The van der Waals surface area contributed by atoms with Crippen LogP contribution >= 0.6 is 20.6 Å². The Morgan fingerprint density at radius 3 is 2.65 bits per heavy atom. The van der Waals surface area contributed by atoms with Crippen molar-refractivity contribution in [2.24, 2.45) is 0 Å². The summed E-state index contributed by atoms with van der Waals surface area (Å²) in [4.78, 5) is 50.5. The lowest BCUT2D eigenvalue weighted by Gasteiger charge is -2.40. The van der Waals surface area contributed by atoms with Gasteiger partial charge in [-0.2, -0.15) is 0 Å². The van der Waals surface area contributed by atoms with Gasteiger partial charge >= 0.3 is 0 Å². The summed E-state index contributed by atoms with van der Waals surface area (Å²) in [5.74, 6) is -1.50. The van der Waals surface area contributed by atoms with Gasteiger partial charge in [0.05, 0.1) is 5.56 Å². The van der Waals surface area contributed by atoms with E-state index in [4.69, 9.17) is 0 Å². The van der Waals surface area contributed by atoms with Crippen LogP contribution in [0.1, 0.15) is 38.9 Å². The van der Waals surface area contributed by atoms with E-state index in [9.17, 15) is 14.4 Å². The van der Waals surface area contributed by atoms with E-state index in [1.165, 1.54) is 16.9 Å². The van der Waals surface area contributed by atoms with Gasteiger partial charge in [0.2, 0.25) is 0 Å². The molecule has 2 N–H and O–H groups in total. The van der Waals surface area contributed by atoms with E-state index in [1.807, 2.05) is 11.8 Å². The van der Waals surface area contributed by atoms with Gasteiger partial charge in [-0.1, -0.05) is 24.3 Å². The number of aryl methyl sites for hydroxylation is 1. The van der Waals surface area contributed by atoms with Gasteiger partial charge in [-0.05, 0) is 42.9 Å². The van der Waals surface area contributed by atoms with Crippen molar-refractivity contribution in [3.63, 3.8) is 0 Å². The molecule has 1 unspecified atom stereocenters. The average Bonchev–Trinajstić information content (AvgIpc) is 3.51. The summed E-state index contributed by atoms with van der Waals surface area (Å²) in [6.45, 7) is 6.94. The van der Waals surface area contributed by atoms with Gasteiger partial charge in [-0.15, -0.1) is 20.6 Å². The highest BCUT2D eigenvalue weighted by Gasteiger charge is 2.31. The normalized spacial score (nSPS) is 16.2. The number of H-pyrrole nitrogens is 1. The molecule has 1 saturated heterocycles. The maximum Gasteiger partial charge on any atom is 0.298 e. The number of hydrogen-bond donors (Lipinski definition) is 2. The number of anilines is 1. The van der Waals surface area contributed by atoms with Crippen LogP contribution in [0.25, 0.3) is 10.9 Å². The zero-order valence-corrected chi connectivity index (χ0v) is 22.6. The zero-order valence-electron chi connectivity index (χ0n) is 20.7. The van der Waals surface area contributed by atoms with Gasteiger partial charge < -0.3 is 9.88 Å². The smallest absolute Gasteiger partial charge is 0.298 e. The number of fused-ring (bicyclic) bond motifs is 1. The fourth-order valence-electron chi connectivity index (χ4n) is 4.82. The van der Waals surface area contributed by atoms with Crippen molar-refractivity contribution in [2.75, 3.05) is 25.0 Å². The quantitative estimate of drug-likeness (QED) is 0.224. The minimum absolute atomic E-state index is 0.0282. The van der Waals surface area contributed by atoms with Crippen molar-refractivity contribution in [2.45, 2.75) is 26.4 Å². The Kier molecular flexibility index (Phi) is 7.20. The molecule has 2 amide bonds. The maximum atomic E-state index is 13.7. The second kappa shape index (κ2) is 10.5. The third kappa shape index (κ3) is 5.34. The second-order valence-corrected chi connectivity index (χ2v) is 10.9. The van der Waals surface area contributed by atoms with Crippen LogP contribution in [0.4, 0.5) is 5.13 Å². The van der Waals surface area contributed by atoms with Gasteiger partial charge in [0, 0.05) is 66.0 Å². The summed E-state index contributed by atoms with van der Waals surface area (Å²) in [6.07, 6.45) is 1.56. The molecule has 1 aliphatic rings. The van der Waals surface area contributed by atoms with Gasteiger partial charge in [0.25, 0.3) is 17.6 Å². The lowest BCUT2D eigenvalue weighted by Crippen LogP contribution is -2.53. The Morgan fingerprint density at radius 1 is 1.16 bits per heavy atom. The second-order valence-electron chi connectivity index (χ2n) is 9.33. The van der Waals surface area contributed by atoms with E-state index in [-0.39, 0.29) is 17.5 Å². The summed E-state index contributed by atoms with van der Waals surface area (Å²) in [7, 11) is 2.70. The molecule has 0 aliphatic carbocycles. The minimum Gasteiger partial charge on any atom is -0.358 e. The first-order valence-electron chi connectivity index (χ1n) is 12.1. The number of rotatable bonds is 6. The highest BCUT2D eigenvalue weighted by molar-refractivity contribution is 7.27. The third-order valence-corrected chi connectivity index (χ3v) is 7.75. The number of carbonyl (C=O) groups is 3. The molecular formula is C27H28N5O3PS. The van der Waals surface area contributed by atoms with E-state index < -0.39 is 11.7 Å². The summed E-state index contributed by atoms with van der Waals surface area (Å²) < 4.78 is 0. The molecule has 0 saturated carbocycles. The summed E-state index contributed by atoms with van der Waals surface area (Å²) in [5.41, 5.74) is 3.51. The van der Waals surface area contributed by atoms with Crippen molar-refractivity contribution in [3.8, 4) is 0 Å². The van der Waals surface area contributed by atoms with Crippen LogP contribution in [-0.4, -0.2) is 63.0 Å². The lowest BCUT2D eigenvalue weighted by atomic mass is 10.0. The molecule has 0 bridgehead atoms. The van der Waals surface area contributed by atoms with E-state index >= 15 is 0 Å². The van der Waals surface area contributed by atoms with Crippen molar-refractivity contribution in [1.29, 1.82) is 0 Å². The predicted octanol–water partition coefficient (Wildman–Crippen LogP) is 3.60. The third-order valence-electron chi connectivity index (χ3n) is 6.68. The standard InChI is InChI=1S/C27H28N5O3PS/c1-16-14-31(15-18-3-6-20(36)7-4-18)10-11-32(16)26(35)23-17(2)29-22-8-5-19(13-21(22)23)24(33)25(34)30-27-28-9-12-37-27/h3-9,12-13,16,29H,10-11,14-15,36H2,1-2H3,(H,28,30,34)/t16-/m1/s1. The molecule has 1 fully saturated rings. The topological polar surface area (TPSA) is 98.4 Å². The number of nitrogens with one attached hydrogen (secondary N) is 2. The van der Waals surface area contributed by atoms with Crippen molar-refractivity contribution in [3.05, 3.63) is 76.4 Å². The SMILES string of the molecule is Cc1[nH]c2ccc(C(=O)C(=O)Nc3nccs3)cc2c1C(=O)N1CCN(Cc2ccc(P)cc2)C[C@H]1C. The van der Waals surface area contributed by atoms with Crippen LogP contribution in [0.3, 0.4) is 0 Å². The molecule has 2 aromatic carbocycles. The first kappa shape index (κ1) is 25.3. The minimum atomic E-state index is -0.758. The van der Waals surface area contributed by atoms with Crippen LogP contribution in [0, 0.1) is 6.92 Å². The van der Waals surface area contributed by atoms with E-state index in [1.54, 1.807) is 29.8 Å². The molecule has 8 nitrogen and oxygen atoms in total. The number of carbonyl (C=O) groups excluding carboxylic acids is 3. The molecule has 37 heavy (non-hydrogen) atoms. The molecular weight excluding hydrogens is 505 g/mol.